The number of benzene rings is 3. The van der Waals surface area contributed by atoms with E-state index in [-0.39, 0.29) is 37.6 Å². The number of hydrogen-bond acceptors (Lipinski definition) is 8. The van der Waals surface area contributed by atoms with Crippen LogP contribution in [0.3, 0.4) is 0 Å². The van der Waals surface area contributed by atoms with Gasteiger partial charge < -0.3 is 35.3 Å². The van der Waals surface area contributed by atoms with Crippen LogP contribution < -0.4 is 20.7 Å². The van der Waals surface area contributed by atoms with E-state index in [1.807, 2.05) is 18.2 Å². The minimum absolute atomic E-state index is 0.0304. The van der Waals surface area contributed by atoms with E-state index < -0.39 is 41.6 Å². The molecule has 0 aromatic heterocycles. The maximum atomic E-state index is 13.7. The third-order valence-electron chi connectivity index (χ3n) is 7.28. The summed E-state index contributed by atoms with van der Waals surface area (Å²) in [5.74, 6) is -0.803. The molecule has 4 atom stereocenters. The van der Waals surface area contributed by atoms with E-state index in [4.69, 9.17) is 14.2 Å². The van der Waals surface area contributed by atoms with Gasteiger partial charge in [0.1, 0.15) is 35.8 Å². The quantitative estimate of drug-likeness (QED) is 0.205. The highest BCUT2D eigenvalue weighted by atomic mass is 16.6. The van der Waals surface area contributed by atoms with E-state index in [1.165, 1.54) is 19.1 Å². The molecule has 1 fully saturated rings. The second-order valence-corrected chi connectivity index (χ2v) is 10.9. The van der Waals surface area contributed by atoms with Crippen molar-refractivity contribution in [2.24, 2.45) is 0 Å². The zero-order valence-corrected chi connectivity index (χ0v) is 24.9. The van der Waals surface area contributed by atoms with Crippen LogP contribution >= 0.6 is 0 Å². The van der Waals surface area contributed by atoms with Gasteiger partial charge in [-0.1, -0.05) is 54.6 Å². The van der Waals surface area contributed by atoms with Gasteiger partial charge in [0.2, 0.25) is 11.8 Å². The van der Waals surface area contributed by atoms with Crippen molar-refractivity contribution in [1.82, 2.24) is 16.0 Å². The molecule has 0 bridgehead atoms. The van der Waals surface area contributed by atoms with E-state index in [1.54, 1.807) is 62.6 Å². The SMILES string of the molecule is COc1ccc(C[C@H](NC(=O)[C@H](C)NC(=O)OCc2ccccc2)C(=O)N[C@@H](Cc2ccc(O)cc2)C(=O)C2(C)CO2)cc1. The van der Waals surface area contributed by atoms with Crippen molar-refractivity contribution in [2.75, 3.05) is 13.7 Å². The van der Waals surface area contributed by atoms with Crippen LogP contribution in [0.2, 0.25) is 0 Å². The van der Waals surface area contributed by atoms with Gasteiger partial charge in [-0.3, -0.25) is 14.4 Å². The summed E-state index contributed by atoms with van der Waals surface area (Å²) in [6.07, 6.45) is -0.538. The van der Waals surface area contributed by atoms with Gasteiger partial charge in [-0.25, -0.2) is 4.79 Å². The number of Topliss-reactive ketones (excluding diaryl/α,β-unsaturated/α-hetero) is 1. The molecule has 11 heteroatoms. The van der Waals surface area contributed by atoms with Gasteiger partial charge >= 0.3 is 6.09 Å². The number of methoxy groups -OCH3 is 1. The standard InChI is InChI=1S/C33H37N3O8/c1-21(34-32(41)43-19-24-7-5-4-6-8-24)30(39)36-28(18-23-11-15-26(42-3)16-12-23)31(40)35-27(29(38)33(2)20-44-33)17-22-9-13-25(37)14-10-22/h4-16,21,27-28,37H,17-20H2,1-3H3,(H,34,41)(H,35,40)(H,36,39)/t21-,27-,28-,33?/m0/s1. The molecule has 1 heterocycles. The molecule has 4 rings (SSSR count). The molecular formula is C33H37N3O8. The Morgan fingerprint density at radius 3 is 1.98 bits per heavy atom. The highest BCUT2D eigenvalue weighted by Crippen LogP contribution is 2.29. The van der Waals surface area contributed by atoms with Crippen LogP contribution in [-0.4, -0.2) is 66.2 Å². The van der Waals surface area contributed by atoms with Crippen LogP contribution in [0, 0.1) is 0 Å². The van der Waals surface area contributed by atoms with E-state index in [9.17, 15) is 24.3 Å². The maximum absolute atomic E-state index is 13.7. The Labute approximate surface area is 255 Å². The van der Waals surface area contributed by atoms with Crippen molar-refractivity contribution in [3.63, 3.8) is 0 Å². The third-order valence-corrected chi connectivity index (χ3v) is 7.28. The summed E-state index contributed by atoms with van der Waals surface area (Å²) < 4.78 is 15.8. The highest BCUT2D eigenvalue weighted by molar-refractivity contribution is 5.98. The first-order chi connectivity index (χ1) is 21.1. The molecule has 232 valence electrons. The average molecular weight is 604 g/mol. The topological polar surface area (TPSA) is 156 Å². The van der Waals surface area contributed by atoms with Gasteiger partial charge in [0, 0.05) is 6.42 Å². The second-order valence-electron chi connectivity index (χ2n) is 10.9. The number of nitrogens with one attached hydrogen (secondary N) is 3. The Kier molecular flexibility index (Phi) is 10.6. The van der Waals surface area contributed by atoms with Crippen molar-refractivity contribution in [3.8, 4) is 11.5 Å². The Morgan fingerprint density at radius 1 is 0.818 bits per heavy atom. The molecule has 3 aromatic rings. The zero-order valence-electron chi connectivity index (χ0n) is 24.9. The Hall–Kier alpha value is -4.90. The van der Waals surface area contributed by atoms with Crippen LogP contribution in [0.25, 0.3) is 0 Å². The molecule has 1 saturated heterocycles. The molecule has 0 spiro atoms. The summed E-state index contributed by atoms with van der Waals surface area (Å²) in [5, 5.41) is 17.7. The summed E-state index contributed by atoms with van der Waals surface area (Å²) in [4.78, 5) is 52.6. The molecule has 1 unspecified atom stereocenters. The van der Waals surface area contributed by atoms with Gasteiger partial charge in [-0.05, 0) is 61.2 Å². The number of carbonyl (C=O) groups excluding carboxylic acids is 4. The molecule has 4 N–H and O–H groups in total. The second kappa shape index (κ2) is 14.5. The van der Waals surface area contributed by atoms with Gasteiger partial charge in [-0.15, -0.1) is 0 Å². The number of rotatable bonds is 14. The first-order valence-electron chi connectivity index (χ1n) is 14.2. The Morgan fingerprint density at radius 2 is 1.39 bits per heavy atom. The predicted octanol–water partition coefficient (Wildman–Crippen LogP) is 2.83. The monoisotopic (exact) mass is 603 g/mol. The number of aromatic hydroxyl groups is 1. The molecular weight excluding hydrogens is 566 g/mol. The summed E-state index contributed by atoms with van der Waals surface area (Å²) in [7, 11) is 1.54. The van der Waals surface area contributed by atoms with Crippen LogP contribution in [0.4, 0.5) is 4.79 Å². The number of alkyl carbamates (subject to hydrolysis) is 1. The summed E-state index contributed by atoms with van der Waals surface area (Å²) in [6, 6.07) is 19.4. The minimum Gasteiger partial charge on any atom is -0.508 e. The molecule has 3 aromatic carbocycles. The van der Waals surface area contributed by atoms with Crippen molar-refractivity contribution in [2.45, 2.75) is 57.0 Å². The molecule has 11 nitrogen and oxygen atoms in total. The van der Waals surface area contributed by atoms with Gasteiger partial charge in [-0.2, -0.15) is 0 Å². The number of ether oxygens (including phenoxy) is 3. The first-order valence-corrected chi connectivity index (χ1v) is 14.2. The van der Waals surface area contributed by atoms with Crippen molar-refractivity contribution >= 4 is 23.7 Å². The molecule has 0 radical (unpaired) electrons. The number of phenols is 1. The van der Waals surface area contributed by atoms with E-state index in [0.29, 0.717) is 11.3 Å². The van der Waals surface area contributed by atoms with Crippen molar-refractivity contribution < 1.29 is 38.5 Å². The number of ketones is 1. The molecule has 3 amide bonds. The minimum atomic E-state index is -1.09. The zero-order chi connectivity index (χ0) is 31.7. The van der Waals surface area contributed by atoms with Crippen molar-refractivity contribution in [1.29, 1.82) is 0 Å². The summed E-state index contributed by atoms with van der Waals surface area (Å²) in [5.41, 5.74) is 1.22. The lowest BCUT2D eigenvalue weighted by Crippen LogP contribution is -2.57. The molecule has 1 aliphatic rings. The fraction of sp³-hybridized carbons (Fsp3) is 0.333. The van der Waals surface area contributed by atoms with E-state index in [0.717, 1.165) is 11.1 Å². The third kappa shape index (κ3) is 9.05. The lowest BCUT2D eigenvalue weighted by molar-refractivity contribution is -0.133. The molecule has 0 aliphatic carbocycles. The van der Waals surface area contributed by atoms with Gasteiger partial charge in [0.15, 0.2) is 5.78 Å². The Balaban J connectivity index is 1.46. The largest absolute Gasteiger partial charge is 0.508 e. The molecule has 1 aliphatic heterocycles. The molecule has 0 saturated carbocycles. The van der Waals surface area contributed by atoms with Crippen LogP contribution in [0.5, 0.6) is 11.5 Å². The van der Waals surface area contributed by atoms with Crippen LogP contribution in [-0.2, 0) is 43.3 Å². The van der Waals surface area contributed by atoms with E-state index in [2.05, 4.69) is 16.0 Å². The highest BCUT2D eigenvalue weighted by Gasteiger charge is 2.50. The van der Waals surface area contributed by atoms with Crippen molar-refractivity contribution in [3.05, 3.63) is 95.6 Å². The number of carbonyl (C=O) groups is 4. The smallest absolute Gasteiger partial charge is 0.408 e. The van der Waals surface area contributed by atoms with Gasteiger partial charge in [0.25, 0.3) is 0 Å². The maximum Gasteiger partial charge on any atom is 0.408 e. The fourth-order valence-electron chi connectivity index (χ4n) is 4.48. The van der Waals surface area contributed by atoms with Crippen LogP contribution in [0.15, 0.2) is 78.9 Å². The lowest BCUT2D eigenvalue weighted by Gasteiger charge is -2.25. The summed E-state index contributed by atoms with van der Waals surface area (Å²) in [6.45, 7) is 3.40. The fourth-order valence-corrected chi connectivity index (χ4v) is 4.48. The first kappa shape index (κ1) is 32.0. The summed E-state index contributed by atoms with van der Waals surface area (Å²) >= 11 is 0. The number of epoxide rings is 1. The molecule has 44 heavy (non-hydrogen) atoms. The normalized spacial score (nSPS) is 17.3. The van der Waals surface area contributed by atoms with Crippen LogP contribution in [0.1, 0.15) is 30.5 Å². The van der Waals surface area contributed by atoms with E-state index >= 15 is 0 Å². The Bertz CT molecular complexity index is 1440. The predicted molar refractivity (Wildman–Crippen MR) is 161 cm³/mol. The number of phenolic OH excluding ortho intramolecular Hbond substituents is 1. The number of amides is 3. The van der Waals surface area contributed by atoms with Gasteiger partial charge in [0.05, 0.1) is 19.8 Å². The number of hydrogen-bond donors (Lipinski definition) is 4. The average Bonchev–Trinajstić information content (AvgIpc) is 3.79. The lowest BCUT2D eigenvalue weighted by atomic mass is 9.94.